The predicted octanol–water partition coefficient (Wildman–Crippen LogP) is 5.13. The molecule has 1 unspecified atom stereocenters. The lowest BCUT2D eigenvalue weighted by molar-refractivity contribution is -0.137. The van der Waals surface area contributed by atoms with Crippen molar-refractivity contribution >= 4 is 16.0 Å². The molecule has 7 nitrogen and oxygen atoms in total. The molecular formula is C31H37FN2O5S. The van der Waals surface area contributed by atoms with E-state index in [1.165, 1.54) is 10.4 Å². The van der Waals surface area contributed by atoms with E-state index in [0.29, 0.717) is 29.8 Å². The second-order valence-electron chi connectivity index (χ2n) is 10.9. The molecular weight excluding hydrogens is 531 g/mol. The van der Waals surface area contributed by atoms with Crippen molar-refractivity contribution in [3.63, 3.8) is 0 Å². The van der Waals surface area contributed by atoms with Crippen LogP contribution in [-0.4, -0.2) is 62.0 Å². The number of aryl methyl sites for hydroxylation is 2. The van der Waals surface area contributed by atoms with Gasteiger partial charge in [-0.3, -0.25) is 4.79 Å². The number of aliphatic carboxylic acids is 1. The Morgan fingerprint density at radius 2 is 1.82 bits per heavy atom. The van der Waals surface area contributed by atoms with Crippen LogP contribution in [0.5, 0.6) is 5.75 Å². The zero-order chi connectivity index (χ0) is 29.2. The number of nitrogens with zero attached hydrogens (tertiary/aromatic N) is 2. The van der Waals surface area contributed by atoms with Gasteiger partial charge in [0.25, 0.3) is 0 Å². The molecule has 1 aliphatic rings. The first-order chi connectivity index (χ1) is 18.9. The zero-order valence-corrected chi connectivity index (χ0v) is 24.5. The van der Waals surface area contributed by atoms with E-state index in [1.54, 1.807) is 37.3 Å². The highest BCUT2D eigenvalue weighted by Gasteiger charge is 2.33. The third-order valence-electron chi connectivity index (χ3n) is 7.40. The monoisotopic (exact) mass is 568 g/mol. The quantitative estimate of drug-likeness (QED) is 0.385. The number of carbonyl (C=O) groups is 1. The maximum Gasteiger partial charge on any atom is 0.304 e. The fraction of sp³-hybridized carbons (Fsp3) is 0.387. The molecule has 0 aliphatic carbocycles. The molecule has 0 bridgehead atoms. The average molecular weight is 569 g/mol. The van der Waals surface area contributed by atoms with Crippen LogP contribution in [0.25, 0.3) is 0 Å². The van der Waals surface area contributed by atoms with Crippen LogP contribution < -0.4 is 4.74 Å². The van der Waals surface area contributed by atoms with Crippen molar-refractivity contribution < 1.29 is 27.4 Å². The molecule has 1 N–H and O–H groups in total. The van der Waals surface area contributed by atoms with E-state index in [4.69, 9.17) is 4.74 Å². The van der Waals surface area contributed by atoms with Crippen molar-refractivity contribution in [2.24, 2.45) is 0 Å². The lowest BCUT2D eigenvalue weighted by Crippen LogP contribution is -2.35. The molecule has 1 heterocycles. The minimum Gasteiger partial charge on any atom is -0.488 e. The summed E-state index contributed by atoms with van der Waals surface area (Å²) in [7, 11) is 0.00799. The maximum absolute atomic E-state index is 14.8. The zero-order valence-electron chi connectivity index (χ0n) is 23.6. The molecule has 0 radical (unpaired) electrons. The van der Waals surface area contributed by atoms with E-state index in [0.717, 1.165) is 22.3 Å². The molecule has 3 aromatic rings. The number of benzene rings is 3. The number of carboxylic acid groups (broad SMARTS) is 1. The molecule has 2 atom stereocenters. The van der Waals surface area contributed by atoms with Crippen molar-refractivity contribution in [3.8, 4) is 5.75 Å². The summed E-state index contributed by atoms with van der Waals surface area (Å²) in [6, 6.07) is 15.6. The first-order valence-electron chi connectivity index (χ1n) is 13.4. The number of sulfonamides is 1. The van der Waals surface area contributed by atoms with E-state index in [-0.39, 0.29) is 36.3 Å². The SMILES string of the molecule is Cc1ccc(C(CC(=O)O)c2cc(CCN(C)C)c(F)cc2C)cc1CN1C[C@@H](C)Oc2ccccc2S1(=O)=O. The molecule has 9 heteroatoms. The van der Waals surface area contributed by atoms with Gasteiger partial charge in [-0.25, -0.2) is 12.8 Å². The van der Waals surface area contributed by atoms with Crippen LogP contribution >= 0.6 is 0 Å². The van der Waals surface area contributed by atoms with Crippen molar-refractivity contribution in [1.29, 1.82) is 0 Å². The summed E-state index contributed by atoms with van der Waals surface area (Å²) in [5.41, 5.74) is 4.38. The molecule has 0 amide bonds. The number of para-hydroxylation sites is 1. The normalized spacial score (nSPS) is 17.6. The fourth-order valence-electron chi connectivity index (χ4n) is 5.19. The number of likely N-dealkylation sites (N-methyl/N-ethyl adjacent to an activating group) is 1. The highest BCUT2D eigenvalue weighted by atomic mass is 32.2. The Labute approximate surface area is 236 Å². The number of fused-ring (bicyclic) bond motifs is 1. The molecule has 0 spiro atoms. The highest BCUT2D eigenvalue weighted by Crippen LogP contribution is 2.35. The average Bonchev–Trinajstić information content (AvgIpc) is 2.96. The number of hydrogen-bond donors (Lipinski definition) is 1. The Kier molecular flexibility index (Phi) is 8.97. The summed E-state index contributed by atoms with van der Waals surface area (Å²) < 4.78 is 49.4. The van der Waals surface area contributed by atoms with Gasteiger partial charge in [0, 0.05) is 19.0 Å². The van der Waals surface area contributed by atoms with E-state index in [9.17, 15) is 22.7 Å². The summed E-state index contributed by atoms with van der Waals surface area (Å²) in [5, 5.41) is 9.82. The second-order valence-corrected chi connectivity index (χ2v) is 12.8. The third-order valence-corrected chi connectivity index (χ3v) is 9.25. The topological polar surface area (TPSA) is 87.2 Å². The van der Waals surface area contributed by atoms with E-state index >= 15 is 0 Å². The second kappa shape index (κ2) is 12.1. The number of ether oxygens (including phenoxy) is 1. The van der Waals surface area contributed by atoms with Crippen molar-refractivity contribution in [1.82, 2.24) is 9.21 Å². The number of rotatable bonds is 9. The first-order valence-corrected chi connectivity index (χ1v) is 14.8. The summed E-state index contributed by atoms with van der Waals surface area (Å²) >= 11 is 0. The van der Waals surface area contributed by atoms with Gasteiger partial charge in [-0.1, -0.05) is 36.4 Å². The third kappa shape index (κ3) is 6.54. The smallest absolute Gasteiger partial charge is 0.304 e. The molecule has 0 saturated carbocycles. The van der Waals surface area contributed by atoms with Crippen LogP contribution in [0.2, 0.25) is 0 Å². The Morgan fingerprint density at radius 1 is 1.10 bits per heavy atom. The van der Waals surface area contributed by atoms with Crippen LogP contribution in [-0.2, 0) is 27.8 Å². The van der Waals surface area contributed by atoms with Gasteiger partial charge >= 0.3 is 5.97 Å². The molecule has 0 aromatic heterocycles. The molecule has 40 heavy (non-hydrogen) atoms. The summed E-state index contributed by atoms with van der Waals surface area (Å²) in [4.78, 5) is 14.1. The van der Waals surface area contributed by atoms with Gasteiger partial charge in [-0.15, -0.1) is 0 Å². The molecule has 0 fully saturated rings. The minimum atomic E-state index is -3.83. The largest absolute Gasteiger partial charge is 0.488 e. The van der Waals surface area contributed by atoms with Gasteiger partial charge in [0.1, 0.15) is 22.6 Å². The standard InChI is InChI=1S/C31H37FN2O5S/c1-20-10-11-23(27(17-31(35)36)26-16-24(12-13-33(4)5)28(32)14-21(26)2)15-25(20)19-34-18-22(3)39-29-8-6-7-9-30(29)40(34,37)38/h6-11,14-16,22,27H,12-13,17-19H2,1-5H3,(H,35,36)/t22-,27?/m1/s1. The first kappa shape index (κ1) is 29.7. The van der Waals surface area contributed by atoms with Crippen molar-refractivity contribution in [2.75, 3.05) is 27.2 Å². The fourth-order valence-corrected chi connectivity index (χ4v) is 6.80. The summed E-state index contributed by atoms with van der Waals surface area (Å²) in [6.07, 6.45) is -0.0359. The number of hydrogen-bond acceptors (Lipinski definition) is 5. The van der Waals surface area contributed by atoms with Crippen LogP contribution in [0.15, 0.2) is 59.5 Å². The number of halogens is 1. The van der Waals surface area contributed by atoms with E-state index in [1.807, 2.05) is 51.0 Å². The summed E-state index contributed by atoms with van der Waals surface area (Å²) in [5.74, 6) is -1.46. The lowest BCUT2D eigenvalue weighted by atomic mass is 9.83. The molecule has 1 aliphatic heterocycles. The Morgan fingerprint density at radius 3 is 2.52 bits per heavy atom. The Balaban J connectivity index is 1.74. The minimum absolute atomic E-state index is 0.111. The lowest BCUT2D eigenvalue weighted by Gasteiger charge is -2.24. The van der Waals surface area contributed by atoms with Crippen LogP contribution in [0.1, 0.15) is 52.6 Å². The molecule has 214 valence electrons. The van der Waals surface area contributed by atoms with Crippen LogP contribution in [0.4, 0.5) is 4.39 Å². The van der Waals surface area contributed by atoms with E-state index < -0.39 is 21.9 Å². The van der Waals surface area contributed by atoms with Gasteiger partial charge in [0.05, 0.1) is 13.0 Å². The van der Waals surface area contributed by atoms with E-state index in [2.05, 4.69) is 0 Å². The number of carboxylic acids is 1. The van der Waals surface area contributed by atoms with Crippen LogP contribution in [0, 0.1) is 19.7 Å². The van der Waals surface area contributed by atoms with Crippen molar-refractivity contribution in [2.45, 2.75) is 57.1 Å². The Bertz CT molecular complexity index is 1510. The predicted molar refractivity (Wildman–Crippen MR) is 153 cm³/mol. The molecule has 3 aromatic carbocycles. The summed E-state index contributed by atoms with van der Waals surface area (Å²) in [6.45, 7) is 6.48. The highest BCUT2D eigenvalue weighted by molar-refractivity contribution is 7.89. The Hall–Kier alpha value is -3.27. The maximum atomic E-state index is 14.8. The molecule has 4 rings (SSSR count). The van der Waals surface area contributed by atoms with Gasteiger partial charge in [0.15, 0.2) is 0 Å². The van der Waals surface area contributed by atoms with Gasteiger partial charge < -0.3 is 14.7 Å². The van der Waals surface area contributed by atoms with Gasteiger partial charge in [-0.2, -0.15) is 4.31 Å². The molecule has 0 saturated heterocycles. The van der Waals surface area contributed by atoms with Gasteiger partial charge in [-0.05, 0) is 92.9 Å². The van der Waals surface area contributed by atoms with Crippen LogP contribution in [0.3, 0.4) is 0 Å². The van der Waals surface area contributed by atoms with Gasteiger partial charge in [0.2, 0.25) is 10.0 Å². The van der Waals surface area contributed by atoms with Crippen molar-refractivity contribution in [3.05, 3.63) is 93.8 Å².